The quantitative estimate of drug-likeness (QED) is 0.602. The standard InChI is InChI=1S/C23H32N2O6/c1-16(24-18(22(29)30-2)9-8-17-6-4-3-5-7-17)20(26)25-14-23(12-13-31-15-23)11-10-19(25)21(27)28/h3-7,16,18-19,24H,8-15H2,1-2H3,(H,27,28)/t16?,18-,19-,23?/m0/s1. The Bertz CT molecular complexity index is 778. The molecule has 2 fully saturated rings. The molecule has 8 heteroatoms. The molecule has 2 aliphatic rings. The highest BCUT2D eigenvalue weighted by Gasteiger charge is 2.46. The Morgan fingerprint density at radius 1 is 1.29 bits per heavy atom. The van der Waals surface area contributed by atoms with E-state index in [4.69, 9.17) is 9.47 Å². The van der Waals surface area contributed by atoms with E-state index in [1.807, 2.05) is 30.3 Å². The first kappa shape index (κ1) is 23.2. The number of aliphatic carboxylic acids is 1. The van der Waals surface area contributed by atoms with Crippen LogP contribution in [-0.4, -0.2) is 72.8 Å². The van der Waals surface area contributed by atoms with Crippen molar-refractivity contribution in [1.29, 1.82) is 0 Å². The summed E-state index contributed by atoms with van der Waals surface area (Å²) in [5.41, 5.74) is 0.915. The molecule has 2 N–H and O–H groups in total. The molecule has 31 heavy (non-hydrogen) atoms. The first-order chi connectivity index (χ1) is 14.8. The van der Waals surface area contributed by atoms with Crippen molar-refractivity contribution in [3.05, 3.63) is 35.9 Å². The van der Waals surface area contributed by atoms with Crippen LogP contribution < -0.4 is 5.32 Å². The van der Waals surface area contributed by atoms with Gasteiger partial charge in [0.05, 0.1) is 19.8 Å². The molecular weight excluding hydrogens is 400 g/mol. The Kier molecular flexibility index (Phi) is 7.67. The zero-order valence-corrected chi connectivity index (χ0v) is 18.2. The Hall–Kier alpha value is -2.45. The summed E-state index contributed by atoms with van der Waals surface area (Å²) >= 11 is 0. The van der Waals surface area contributed by atoms with Crippen molar-refractivity contribution in [3.63, 3.8) is 0 Å². The van der Waals surface area contributed by atoms with Gasteiger partial charge in [0.2, 0.25) is 5.91 Å². The lowest BCUT2D eigenvalue weighted by Crippen LogP contribution is -2.59. The number of esters is 1. The highest BCUT2D eigenvalue weighted by Crippen LogP contribution is 2.40. The Morgan fingerprint density at radius 3 is 2.65 bits per heavy atom. The van der Waals surface area contributed by atoms with Crippen molar-refractivity contribution in [2.45, 2.75) is 57.2 Å². The molecule has 0 saturated carbocycles. The number of aryl methyl sites for hydroxylation is 1. The van der Waals surface area contributed by atoms with E-state index in [-0.39, 0.29) is 11.3 Å². The zero-order valence-electron chi connectivity index (χ0n) is 18.2. The van der Waals surface area contributed by atoms with Gasteiger partial charge >= 0.3 is 11.9 Å². The minimum absolute atomic E-state index is 0.170. The summed E-state index contributed by atoms with van der Waals surface area (Å²) in [5, 5.41) is 12.8. The molecule has 2 aliphatic heterocycles. The summed E-state index contributed by atoms with van der Waals surface area (Å²) in [6.07, 6.45) is 3.08. The van der Waals surface area contributed by atoms with E-state index in [1.165, 1.54) is 12.0 Å². The van der Waals surface area contributed by atoms with Gasteiger partial charge in [-0.25, -0.2) is 4.79 Å². The van der Waals surface area contributed by atoms with E-state index in [9.17, 15) is 19.5 Å². The summed E-state index contributed by atoms with van der Waals surface area (Å²) in [6, 6.07) is 7.53. The molecule has 0 bridgehead atoms. The molecule has 3 rings (SSSR count). The number of piperidine rings is 1. The molecular formula is C23H32N2O6. The fraction of sp³-hybridized carbons (Fsp3) is 0.609. The molecule has 1 amide bonds. The van der Waals surface area contributed by atoms with Crippen LogP contribution in [0.25, 0.3) is 0 Å². The Balaban J connectivity index is 1.68. The predicted molar refractivity (Wildman–Crippen MR) is 113 cm³/mol. The summed E-state index contributed by atoms with van der Waals surface area (Å²) in [6.45, 7) is 3.22. The molecule has 8 nitrogen and oxygen atoms in total. The fourth-order valence-corrected chi connectivity index (χ4v) is 4.60. The topological polar surface area (TPSA) is 105 Å². The molecule has 1 aromatic carbocycles. The lowest BCUT2D eigenvalue weighted by Gasteiger charge is -2.44. The number of hydrogen-bond acceptors (Lipinski definition) is 6. The third-order valence-electron chi connectivity index (χ3n) is 6.46. The van der Waals surface area contributed by atoms with Crippen LogP contribution in [0.5, 0.6) is 0 Å². The van der Waals surface area contributed by atoms with Crippen LogP contribution in [0.15, 0.2) is 30.3 Å². The van der Waals surface area contributed by atoms with E-state index in [0.717, 1.165) is 18.4 Å². The van der Waals surface area contributed by atoms with Crippen LogP contribution in [0, 0.1) is 5.41 Å². The van der Waals surface area contributed by atoms with Crippen LogP contribution in [0.3, 0.4) is 0 Å². The van der Waals surface area contributed by atoms with Gasteiger partial charge in [0, 0.05) is 18.6 Å². The van der Waals surface area contributed by atoms with E-state index in [1.54, 1.807) is 6.92 Å². The van der Waals surface area contributed by atoms with Crippen molar-refractivity contribution in [3.8, 4) is 0 Å². The Morgan fingerprint density at radius 2 is 2.03 bits per heavy atom. The lowest BCUT2D eigenvalue weighted by atomic mass is 9.77. The number of nitrogens with one attached hydrogen (secondary N) is 1. The van der Waals surface area contributed by atoms with Gasteiger partial charge in [-0.3, -0.25) is 14.9 Å². The van der Waals surface area contributed by atoms with Crippen molar-refractivity contribution < 1.29 is 29.0 Å². The largest absolute Gasteiger partial charge is 0.480 e. The number of carbonyl (C=O) groups is 3. The van der Waals surface area contributed by atoms with E-state index < -0.39 is 30.1 Å². The number of ether oxygens (including phenoxy) is 2. The smallest absolute Gasteiger partial charge is 0.326 e. The molecule has 1 spiro atoms. The van der Waals surface area contributed by atoms with Crippen molar-refractivity contribution in [2.24, 2.45) is 5.41 Å². The Labute approximate surface area is 182 Å². The monoisotopic (exact) mass is 432 g/mol. The summed E-state index contributed by atoms with van der Waals surface area (Å²) < 4.78 is 10.5. The molecule has 2 unspecified atom stereocenters. The molecule has 0 aromatic heterocycles. The zero-order chi connectivity index (χ0) is 22.4. The number of carboxylic acid groups (broad SMARTS) is 1. The number of nitrogens with zero attached hydrogens (tertiary/aromatic N) is 1. The van der Waals surface area contributed by atoms with Gasteiger partial charge in [0.15, 0.2) is 0 Å². The van der Waals surface area contributed by atoms with Crippen LogP contribution in [0.2, 0.25) is 0 Å². The van der Waals surface area contributed by atoms with Crippen molar-refractivity contribution in [1.82, 2.24) is 10.2 Å². The highest BCUT2D eigenvalue weighted by atomic mass is 16.5. The maximum atomic E-state index is 13.3. The van der Waals surface area contributed by atoms with Crippen molar-refractivity contribution in [2.75, 3.05) is 26.9 Å². The van der Waals surface area contributed by atoms with Gasteiger partial charge in [0.1, 0.15) is 12.1 Å². The number of rotatable bonds is 8. The third-order valence-corrected chi connectivity index (χ3v) is 6.46. The number of hydrogen-bond donors (Lipinski definition) is 2. The van der Waals surface area contributed by atoms with E-state index in [0.29, 0.717) is 39.0 Å². The normalized spacial score (nSPS) is 25.2. The molecule has 170 valence electrons. The van der Waals surface area contributed by atoms with Crippen LogP contribution in [-0.2, 0) is 30.3 Å². The average molecular weight is 433 g/mol. The maximum absolute atomic E-state index is 13.3. The number of amides is 1. The minimum atomic E-state index is -0.997. The molecule has 0 aliphatic carbocycles. The van der Waals surface area contributed by atoms with Gasteiger partial charge < -0.3 is 19.5 Å². The summed E-state index contributed by atoms with van der Waals surface area (Å²) in [7, 11) is 1.32. The predicted octanol–water partition coefficient (Wildman–Crippen LogP) is 1.62. The second-order valence-corrected chi connectivity index (χ2v) is 8.65. The van der Waals surface area contributed by atoms with Gasteiger partial charge in [0.25, 0.3) is 0 Å². The highest BCUT2D eigenvalue weighted by molar-refractivity contribution is 5.88. The number of carboxylic acids is 1. The van der Waals surface area contributed by atoms with E-state index >= 15 is 0 Å². The molecule has 1 aromatic rings. The maximum Gasteiger partial charge on any atom is 0.326 e. The van der Waals surface area contributed by atoms with Crippen LogP contribution in [0.1, 0.15) is 38.2 Å². The van der Waals surface area contributed by atoms with Gasteiger partial charge in [-0.15, -0.1) is 0 Å². The van der Waals surface area contributed by atoms with Gasteiger partial charge in [-0.2, -0.15) is 0 Å². The SMILES string of the molecule is COC(=O)[C@H](CCc1ccccc1)NC(C)C(=O)N1CC2(CCOC2)CC[C@H]1C(=O)O. The number of benzene rings is 1. The molecule has 2 saturated heterocycles. The fourth-order valence-electron chi connectivity index (χ4n) is 4.60. The second-order valence-electron chi connectivity index (χ2n) is 8.65. The first-order valence-electron chi connectivity index (χ1n) is 10.8. The second kappa shape index (κ2) is 10.2. The van der Waals surface area contributed by atoms with Crippen molar-refractivity contribution >= 4 is 17.8 Å². The average Bonchev–Trinajstić information content (AvgIpc) is 3.23. The number of likely N-dealkylation sites (tertiary alicyclic amines) is 1. The summed E-state index contributed by atoms with van der Waals surface area (Å²) in [4.78, 5) is 38.9. The lowest BCUT2D eigenvalue weighted by molar-refractivity contribution is -0.156. The molecule has 2 heterocycles. The van der Waals surface area contributed by atoms with Crippen LogP contribution >= 0.6 is 0 Å². The molecule has 4 atom stereocenters. The number of methoxy groups -OCH3 is 1. The van der Waals surface area contributed by atoms with Gasteiger partial charge in [-0.1, -0.05) is 30.3 Å². The first-order valence-corrected chi connectivity index (χ1v) is 10.8. The third kappa shape index (κ3) is 5.62. The molecule has 0 radical (unpaired) electrons. The van der Waals surface area contributed by atoms with Crippen LogP contribution in [0.4, 0.5) is 0 Å². The van der Waals surface area contributed by atoms with E-state index in [2.05, 4.69) is 5.32 Å². The summed E-state index contributed by atoms with van der Waals surface area (Å²) in [5.74, 6) is -1.75. The number of carbonyl (C=O) groups excluding carboxylic acids is 2. The minimum Gasteiger partial charge on any atom is -0.480 e. The van der Waals surface area contributed by atoms with Gasteiger partial charge in [-0.05, 0) is 44.6 Å².